The second-order valence-electron chi connectivity index (χ2n) is 15.5. The lowest BCUT2D eigenvalue weighted by atomic mass is 10.1. The van der Waals surface area contributed by atoms with Crippen LogP contribution in [0.15, 0.2) is 0 Å². The minimum atomic E-state index is -5.51. The van der Waals surface area contributed by atoms with Gasteiger partial charge in [-0.05, 0) is 64.5 Å². The zero-order chi connectivity index (χ0) is 42.3. The van der Waals surface area contributed by atoms with Crippen molar-refractivity contribution in [3.63, 3.8) is 0 Å². The Balaban J connectivity index is 3.98. The Kier molecular flexibility index (Phi) is 37.6. The van der Waals surface area contributed by atoms with Gasteiger partial charge in [-0.1, -0.05) is 123 Å². The molecule has 0 radical (unpaired) electrons. The molecule has 0 rings (SSSR count). The van der Waals surface area contributed by atoms with Crippen LogP contribution in [-0.4, -0.2) is 93.0 Å². The molecular formula is C44H82F5NO7. The Bertz CT molecular complexity index is 895. The summed E-state index contributed by atoms with van der Waals surface area (Å²) in [6.45, 7) is 8.88. The van der Waals surface area contributed by atoms with E-state index in [0.29, 0.717) is 64.9 Å². The molecule has 0 atom stereocenters. The van der Waals surface area contributed by atoms with Gasteiger partial charge in [0.1, 0.15) is 0 Å². The number of nitrogens with zero attached hydrogens (tertiary/aromatic N) is 1. The van der Waals surface area contributed by atoms with E-state index in [1.807, 2.05) is 0 Å². The highest BCUT2D eigenvalue weighted by Gasteiger charge is 2.56. The Hall–Kier alpha value is -1.57. The van der Waals surface area contributed by atoms with Gasteiger partial charge in [0.25, 0.3) is 0 Å². The summed E-state index contributed by atoms with van der Waals surface area (Å²) in [5.41, 5.74) is 0. The van der Waals surface area contributed by atoms with E-state index in [9.17, 15) is 36.6 Å². The summed E-state index contributed by atoms with van der Waals surface area (Å²) in [7, 11) is 0. The molecule has 0 aliphatic heterocycles. The number of halogens is 5. The lowest BCUT2D eigenvalue weighted by Crippen LogP contribution is -2.36. The molecule has 8 nitrogen and oxygen atoms in total. The summed E-state index contributed by atoms with van der Waals surface area (Å²) in [5.74, 6) is -5.17. The van der Waals surface area contributed by atoms with Crippen LogP contribution < -0.4 is 0 Å². The van der Waals surface area contributed by atoms with E-state index in [2.05, 4.69) is 18.7 Å². The van der Waals surface area contributed by atoms with Crippen molar-refractivity contribution in [2.75, 3.05) is 52.7 Å². The molecule has 57 heavy (non-hydrogen) atoms. The van der Waals surface area contributed by atoms with E-state index in [4.69, 9.17) is 18.9 Å². The Morgan fingerprint density at radius 2 is 0.912 bits per heavy atom. The van der Waals surface area contributed by atoms with Gasteiger partial charge in [-0.25, -0.2) is 0 Å². The number of unbranched alkanes of at least 4 members (excludes halogenated alkanes) is 20. The van der Waals surface area contributed by atoms with Gasteiger partial charge in [-0.3, -0.25) is 9.59 Å². The number of aliphatic hydroxyl groups is 1. The molecule has 0 saturated carbocycles. The molecule has 0 bridgehead atoms. The molecule has 0 aliphatic rings. The van der Waals surface area contributed by atoms with Gasteiger partial charge in [0.2, 0.25) is 0 Å². The predicted octanol–water partition coefficient (Wildman–Crippen LogP) is 12.3. The van der Waals surface area contributed by atoms with Gasteiger partial charge in [0.15, 0.2) is 6.29 Å². The number of esters is 2. The van der Waals surface area contributed by atoms with Crippen molar-refractivity contribution in [2.45, 2.75) is 218 Å². The predicted molar refractivity (Wildman–Crippen MR) is 217 cm³/mol. The number of rotatable bonds is 43. The van der Waals surface area contributed by atoms with Crippen LogP contribution in [0, 0.1) is 0 Å². The fourth-order valence-corrected chi connectivity index (χ4v) is 6.51. The maximum absolute atomic E-state index is 12.9. The fourth-order valence-electron chi connectivity index (χ4n) is 6.51. The molecule has 0 spiro atoms. The number of aliphatic hydroxyl groups excluding tert-OH is 1. The zero-order valence-electron chi connectivity index (χ0n) is 36.0. The van der Waals surface area contributed by atoms with Gasteiger partial charge in [-0.15, -0.1) is 0 Å². The van der Waals surface area contributed by atoms with E-state index in [1.165, 1.54) is 51.4 Å². The van der Waals surface area contributed by atoms with Crippen LogP contribution in [0.5, 0.6) is 0 Å². The quantitative estimate of drug-likeness (QED) is 0.0281. The number of carbonyl (C=O) groups excluding carboxylic acids is 2. The van der Waals surface area contributed by atoms with Gasteiger partial charge in [-0.2, -0.15) is 22.0 Å². The molecule has 340 valence electrons. The van der Waals surface area contributed by atoms with Gasteiger partial charge in [0, 0.05) is 39.0 Å². The van der Waals surface area contributed by atoms with Gasteiger partial charge in [0.05, 0.1) is 26.2 Å². The number of alkyl halides is 5. The first kappa shape index (κ1) is 55.4. The number of ether oxygens (including phenoxy) is 4. The molecule has 0 aromatic rings. The van der Waals surface area contributed by atoms with Crippen molar-refractivity contribution < 1.29 is 55.6 Å². The molecule has 0 fully saturated rings. The second kappa shape index (κ2) is 38.6. The molecule has 1 N–H and O–H groups in total. The van der Waals surface area contributed by atoms with E-state index >= 15 is 0 Å². The molecule has 0 aliphatic carbocycles. The molecule has 0 unspecified atom stereocenters. The molecule has 13 heteroatoms. The van der Waals surface area contributed by atoms with Crippen molar-refractivity contribution in [2.24, 2.45) is 0 Å². The van der Waals surface area contributed by atoms with E-state index < -0.39 is 18.5 Å². The summed E-state index contributed by atoms with van der Waals surface area (Å²) in [6.07, 6.45) is 17.7. The van der Waals surface area contributed by atoms with Crippen molar-refractivity contribution in [3.05, 3.63) is 0 Å². The third-order valence-corrected chi connectivity index (χ3v) is 10.2. The van der Waals surface area contributed by atoms with E-state index in [0.717, 1.165) is 90.1 Å². The standard InChI is InChI=1S/C44H82F5NO7/c1-3-5-7-9-16-26-38-56-42(57-39-27-17-10-8-6-4-2)30-29-41(53)55-37-25-19-15-23-33-50(34-35-51)32-22-14-11-12-20-28-40(52)54-36-24-18-13-21-31-43(45,46)44(47,48)49/h42,51H,3-39H2,1-2H3. The highest BCUT2D eigenvalue weighted by molar-refractivity contribution is 5.69. The summed E-state index contributed by atoms with van der Waals surface area (Å²) < 4.78 is 85.1. The largest absolute Gasteiger partial charge is 0.466 e. The van der Waals surface area contributed by atoms with Crippen molar-refractivity contribution in [1.82, 2.24) is 4.90 Å². The summed E-state index contributed by atoms with van der Waals surface area (Å²) in [6, 6.07) is 0. The summed E-state index contributed by atoms with van der Waals surface area (Å²) in [4.78, 5) is 26.6. The second-order valence-corrected chi connectivity index (χ2v) is 15.5. The molecule has 0 aromatic heterocycles. The lowest BCUT2D eigenvalue weighted by molar-refractivity contribution is -0.284. The minimum absolute atomic E-state index is 0.112. The fraction of sp³-hybridized carbons (Fsp3) is 0.955. The smallest absolute Gasteiger partial charge is 0.453 e. The Labute approximate surface area is 343 Å². The van der Waals surface area contributed by atoms with E-state index in [1.54, 1.807) is 0 Å². The van der Waals surface area contributed by atoms with Crippen LogP contribution in [0.4, 0.5) is 22.0 Å². The van der Waals surface area contributed by atoms with Crippen LogP contribution in [0.1, 0.15) is 200 Å². The number of hydrogen-bond donors (Lipinski definition) is 1. The SMILES string of the molecule is CCCCCCCCOC(CCC(=O)OCCCCCCN(CCO)CCCCCCCC(=O)OCCCCCCC(F)(F)C(F)(F)F)OCCCCCCCC. The van der Waals surface area contributed by atoms with Crippen LogP contribution in [0.25, 0.3) is 0 Å². The van der Waals surface area contributed by atoms with Crippen molar-refractivity contribution in [3.8, 4) is 0 Å². The molecular weight excluding hydrogens is 749 g/mol. The molecule has 0 amide bonds. The topological polar surface area (TPSA) is 94.5 Å². The van der Waals surface area contributed by atoms with Crippen LogP contribution in [0.3, 0.4) is 0 Å². The molecule has 0 aromatic carbocycles. The number of carbonyl (C=O) groups is 2. The average molecular weight is 832 g/mol. The maximum atomic E-state index is 12.9. The molecule has 0 saturated heterocycles. The Morgan fingerprint density at radius 1 is 0.509 bits per heavy atom. The van der Waals surface area contributed by atoms with Crippen LogP contribution in [-0.2, 0) is 28.5 Å². The first-order valence-corrected chi connectivity index (χ1v) is 22.8. The monoisotopic (exact) mass is 832 g/mol. The zero-order valence-corrected chi connectivity index (χ0v) is 36.0. The summed E-state index contributed by atoms with van der Waals surface area (Å²) >= 11 is 0. The van der Waals surface area contributed by atoms with Crippen LogP contribution in [0.2, 0.25) is 0 Å². The number of hydrogen-bond acceptors (Lipinski definition) is 8. The molecule has 0 heterocycles. The Morgan fingerprint density at radius 3 is 1.39 bits per heavy atom. The minimum Gasteiger partial charge on any atom is -0.466 e. The summed E-state index contributed by atoms with van der Waals surface area (Å²) in [5, 5.41) is 9.50. The van der Waals surface area contributed by atoms with Crippen molar-refractivity contribution in [1.29, 1.82) is 0 Å². The van der Waals surface area contributed by atoms with E-state index in [-0.39, 0.29) is 44.3 Å². The maximum Gasteiger partial charge on any atom is 0.453 e. The highest BCUT2D eigenvalue weighted by Crippen LogP contribution is 2.39. The average Bonchev–Trinajstić information content (AvgIpc) is 3.17. The third-order valence-electron chi connectivity index (χ3n) is 10.2. The van der Waals surface area contributed by atoms with Crippen molar-refractivity contribution >= 4 is 11.9 Å². The van der Waals surface area contributed by atoms with Gasteiger partial charge >= 0.3 is 24.0 Å². The lowest BCUT2D eigenvalue weighted by Gasteiger charge is -2.21. The first-order chi connectivity index (χ1) is 27.5. The van der Waals surface area contributed by atoms with Gasteiger partial charge < -0.3 is 29.0 Å². The highest BCUT2D eigenvalue weighted by atomic mass is 19.4. The third kappa shape index (κ3) is 36.0. The van der Waals surface area contributed by atoms with Crippen LogP contribution >= 0.6 is 0 Å². The first-order valence-electron chi connectivity index (χ1n) is 22.8. The normalized spacial score (nSPS) is 12.2.